The van der Waals surface area contributed by atoms with Gasteiger partial charge in [-0.15, -0.1) is 22.7 Å². The molecule has 0 aliphatic carbocycles. The number of aromatic nitrogens is 1. The number of fused-ring (bicyclic) bond motifs is 4. The highest BCUT2D eigenvalue weighted by molar-refractivity contribution is 7.41. The van der Waals surface area contributed by atoms with Crippen LogP contribution in [-0.2, 0) is 7.05 Å². The van der Waals surface area contributed by atoms with E-state index >= 15 is 0 Å². The predicted octanol–water partition coefficient (Wildman–Crippen LogP) is 6.07. The number of benzene rings is 2. The van der Waals surface area contributed by atoms with Gasteiger partial charge < -0.3 is 0 Å². The molecular formula is C21H16NS2+. The maximum atomic E-state index is 2.28. The monoisotopic (exact) mass is 346 g/mol. The molecule has 2 aromatic carbocycles. The fourth-order valence-corrected chi connectivity index (χ4v) is 5.96. The Morgan fingerprint density at radius 2 is 1.75 bits per heavy atom. The van der Waals surface area contributed by atoms with Gasteiger partial charge in [0.05, 0.1) is 9.58 Å². The third kappa shape index (κ3) is 1.89. The summed E-state index contributed by atoms with van der Waals surface area (Å²) in [4.78, 5) is 0. The van der Waals surface area contributed by atoms with E-state index < -0.39 is 0 Å². The molecule has 0 bridgehead atoms. The molecule has 1 nitrogen and oxygen atoms in total. The molecule has 0 unspecified atom stereocenters. The van der Waals surface area contributed by atoms with E-state index in [1.54, 1.807) is 0 Å². The quantitative estimate of drug-likeness (QED) is 0.324. The van der Waals surface area contributed by atoms with Gasteiger partial charge in [0.2, 0.25) is 5.69 Å². The lowest BCUT2D eigenvalue weighted by atomic mass is 9.97. The van der Waals surface area contributed by atoms with E-state index in [0.717, 1.165) is 0 Å². The highest BCUT2D eigenvalue weighted by Gasteiger charge is 2.21. The second-order valence-electron chi connectivity index (χ2n) is 6.20. The predicted molar refractivity (Wildman–Crippen MR) is 106 cm³/mol. The Labute approximate surface area is 148 Å². The van der Waals surface area contributed by atoms with Crippen molar-refractivity contribution in [1.82, 2.24) is 0 Å². The van der Waals surface area contributed by atoms with Gasteiger partial charge in [-0.25, -0.2) is 0 Å². The summed E-state index contributed by atoms with van der Waals surface area (Å²) in [6.45, 7) is 2.24. The molecule has 0 amide bonds. The molecule has 24 heavy (non-hydrogen) atoms. The molecule has 0 aliphatic rings. The largest absolute Gasteiger partial charge is 0.230 e. The Hall–Kier alpha value is -2.23. The molecule has 3 heterocycles. The van der Waals surface area contributed by atoms with Crippen LogP contribution in [0.1, 0.15) is 5.56 Å². The SMILES string of the molecule is Cc1c(-c2c3sc4sccc4c3cc[n+]2C)ccc2ccccc12. The zero-order valence-electron chi connectivity index (χ0n) is 13.5. The minimum Gasteiger partial charge on any atom is -0.200 e. The molecule has 0 N–H and O–H groups in total. The fraction of sp³-hybridized carbons (Fsp3) is 0.0952. The smallest absolute Gasteiger partial charge is 0.200 e. The van der Waals surface area contributed by atoms with Crippen LogP contribution < -0.4 is 4.57 Å². The highest BCUT2D eigenvalue weighted by atomic mass is 32.2. The highest BCUT2D eigenvalue weighted by Crippen LogP contribution is 2.41. The van der Waals surface area contributed by atoms with Crippen molar-refractivity contribution in [3.05, 3.63) is 65.7 Å². The fourth-order valence-electron chi connectivity index (χ4n) is 3.60. The Balaban J connectivity index is 1.92. The van der Waals surface area contributed by atoms with Gasteiger partial charge in [0.15, 0.2) is 6.20 Å². The lowest BCUT2D eigenvalue weighted by Crippen LogP contribution is -2.30. The number of nitrogens with zero attached hydrogens (tertiary/aromatic N) is 1. The minimum absolute atomic E-state index is 1.31. The first-order valence-corrected chi connectivity index (χ1v) is 9.71. The lowest BCUT2D eigenvalue weighted by Gasteiger charge is -2.09. The first-order valence-electron chi connectivity index (χ1n) is 8.01. The minimum atomic E-state index is 1.31. The topological polar surface area (TPSA) is 3.88 Å². The first-order chi connectivity index (χ1) is 11.7. The van der Waals surface area contributed by atoms with E-state index in [2.05, 4.69) is 78.6 Å². The molecule has 0 radical (unpaired) electrons. The van der Waals surface area contributed by atoms with Crippen molar-refractivity contribution in [3.8, 4) is 11.3 Å². The Morgan fingerprint density at radius 1 is 0.875 bits per heavy atom. The van der Waals surface area contributed by atoms with Gasteiger partial charge in [-0.3, -0.25) is 0 Å². The van der Waals surface area contributed by atoms with E-state index in [1.165, 1.54) is 47.1 Å². The molecule has 0 aliphatic heterocycles. The van der Waals surface area contributed by atoms with Crippen LogP contribution in [0.4, 0.5) is 0 Å². The van der Waals surface area contributed by atoms with Crippen LogP contribution >= 0.6 is 22.7 Å². The number of aryl methyl sites for hydroxylation is 2. The van der Waals surface area contributed by atoms with Crippen LogP contribution in [0, 0.1) is 6.92 Å². The molecule has 5 rings (SSSR count). The summed E-state index contributed by atoms with van der Waals surface area (Å²) in [5, 5.41) is 7.59. The van der Waals surface area contributed by atoms with Crippen molar-refractivity contribution in [2.75, 3.05) is 0 Å². The molecular weight excluding hydrogens is 330 g/mol. The van der Waals surface area contributed by atoms with Crippen molar-refractivity contribution < 1.29 is 4.57 Å². The molecule has 0 saturated carbocycles. The molecule has 3 aromatic heterocycles. The van der Waals surface area contributed by atoms with Gasteiger partial charge in [-0.1, -0.05) is 30.3 Å². The molecule has 5 aromatic rings. The van der Waals surface area contributed by atoms with Gasteiger partial charge in [-0.05, 0) is 40.8 Å². The molecule has 116 valence electrons. The van der Waals surface area contributed by atoms with E-state index in [4.69, 9.17) is 0 Å². The van der Waals surface area contributed by atoms with Gasteiger partial charge in [-0.2, -0.15) is 4.57 Å². The zero-order chi connectivity index (χ0) is 16.3. The van der Waals surface area contributed by atoms with Crippen LogP contribution in [-0.4, -0.2) is 0 Å². The molecule has 0 fully saturated rings. The van der Waals surface area contributed by atoms with Gasteiger partial charge >= 0.3 is 0 Å². The van der Waals surface area contributed by atoms with Crippen molar-refractivity contribution in [2.24, 2.45) is 7.05 Å². The van der Waals surface area contributed by atoms with E-state index in [9.17, 15) is 0 Å². The average molecular weight is 347 g/mol. The summed E-state index contributed by atoms with van der Waals surface area (Å²) in [6, 6.07) is 17.7. The molecule has 0 atom stereocenters. The van der Waals surface area contributed by atoms with Crippen LogP contribution in [0.15, 0.2) is 60.1 Å². The summed E-state index contributed by atoms with van der Waals surface area (Å²) in [7, 11) is 2.15. The third-order valence-corrected chi connectivity index (χ3v) is 7.11. The summed E-state index contributed by atoms with van der Waals surface area (Å²) >= 11 is 3.75. The maximum Gasteiger partial charge on any atom is 0.230 e. The average Bonchev–Trinajstić information content (AvgIpc) is 3.17. The van der Waals surface area contributed by atoms with Gasteiger partial charge in [0.1, 0.15) is 11.7 Å². The van der Waals surface area contributed by atoms with E-state index in [0.29, 0.717) is 0 Å². The second-order valence-corrected chi connectivity index (χ2v) is 8.40. The molecule has 0 spiro atoms. The van der Waals surface area contributed by atoms with Crippen molar-refractivity contribution in [3.63, 3.8) is 0 Å². The number of pyridine rings is 1. The first kappa shape index (κ1) is 14.1. The molecule has 3 heteroatoms. The van der Waals surface area contributed by atoms with E-state index in [-0.39, 0.29) is 0 Å². The second kappa shape index (κ2) is 5.13. The van der Waals surface area contributed by atoms with Crippen LogP contribution in [0.5, 0.6) is 0 Å². The third-order valence-electron chi connectivity index (χ3n) is 4.85. The van der Waals surface area contributed by atoms with E-state index in [1.807, 2.05) is 22.7 Å². The Bertz CT molecular complexity index is 1230. The Kier molecular flexibility index (Phi) is 3.02. The van der Waals surface area contributed by atoms with Gasteiger partial charge in [0.25, 0.3) is 0 Å². The number of hydrogen-bond donors (Lipinski definition) is 0. The number of thiophene rings is 2. The maximum absolute atomic E-state index is 2.28. The normalized spacial score (nSPS) is 11.8. The Morgan fingerprint density at radius 3 is 2.67 bits per heavy atom. The number of rotatable bonds is 1. The molecule has 0 saturated heterocycles. The summed E-state index contributed by atoms with van der Waals surface area (Å²) in [5.41, 5.74) is 4.01. The zero-order valence-corrected chi connectivity index (χ0v) is 15.2. The van der Waals surface area contributed by atoms with Crippen molar-refractivity contribution in [2.45, 2.75) is 6.92 Å². The van der Waals surface area contributed by atoms with Crippen LogP contribution in [0.2, 0.25) is 0 Å². The van der Waals surface area contributed by atoms with Crippen molar-refractivity contribution >= 4 is 52.9 Å². The summed E-state index contributed by atoms with van der Waals surface area (Å²) in [5.74, 6) is 0. The number of hydrogen-bond acceptors (Lipinski definition) is 2. The van der Waals surface area contributed by atoms with Crippen LogP contribution in [0.3, 0.4) is 0 Å². The lowest BCUT2D eigenvalue weighted by molar-refractivity contribution is -0.659. The summed E-state index contributed by atoms with van der Waals surface area (Å²) in [6.07, 6.45) is 2.19. The van der Waals surface area contributed by atoms with Crippen LogP contribution in [0.25, 0.3) is 41.5 Å². The van der Waals surface area contributed by atoms with Crippen molar-refractivity contribution in [1.29, 1.82) is 0 Å². The standard InChI is InChI=1S/C21H16NS2/c1-13-15-6-4-3-5-14(15)7-8-16(13)19-20-17(9-11-22(19)2)18-10-12-23-21(18)24-20/h3-12H,1-2H3/q+1. The van der Waals surface area contributed by atoms with Gasteiger partial charge in [0, 0.05) is 16.8 Å². The summed E-state index contributed by atoms with van der Waals surface area (Å²) < 4.78 is 5.07.